The maximum Gasteiger partial charge on any atom is 0.233 e. The van der Waals surface area contributed by atoms with E-state index in [-0.39, 0.29) is 43.7 Å². The summed E-state index contributed by atoms with van der Waals surface area (Å²) >= 11 is 5.84. The quantitative estimate of drug-likeness (QED) is 0.733. The minimum atomic E-state index is -0.298. The van der Waals surface area contributed by atoms with E-state index in [1.165, 1.54) is 7.11 Å². The van der Waals surface area contributed by atoms with Gasteiger partial charge in [0, 0.05) is 18.0 Å². The second kappa shape index (κ2) is 9.41. The number of ether oxygens (including phenoxy) is 1. The molecular formula is C12H17Cl2N3O3. The number of hydrogen-bond acceptors (Lipinski definition) is 4. The molecule has 0 aromatic heterocycles. The second-order valence-corrected chi connectivity index (χ2v) is 4.13. The lowest BCUT2D eigenvalue weighted by atomic mass is 10.2. The molecule has 0 radical (unpaired) electrons. The Kier molecular flexibility index (Phi) is 8.71. The number of hydrogen-bond donors (Lipinski definition) is 3. The summed E-state index contributed by atoms with van der Waals surface area (Å²) in [6, 6.07) is 4.92. The minimum Gasteiger partial charge on any atom is -0.495 e. The molecule has 8 heteroatoms. The standard InChI is InChI=1S/C12H16ClN3O3.ClH/c1-19-10-3-2-8(13)6-9(10)16-11(17)4-5-15-12(18)7-14;/h2-3,6H,4-5,7,14H2,1H3,(H,15,18)(H,16,17);1H. The third-order valence-electron chi connectivity index (χ3n) is 2.30. The summed E-state index contributed by atoms with van der Waals surface area (Å²) in [7, 11) is 1.50. The first-order chi connectivity index (χ1) is 9.06. The number of carbonyl (C=O) groups is 2. The lowest BCUT2D eigenvalue weighted by Gasteiger charge is -2.10. The van der Waals surface area contributed by atoms with E-state index in [0.29, 0.717) is 16.5 Å². The molecule has 0 heterocycles. The number of rotatable bonds is 6. The van der Waals surface area contributed by atoms with Crippen LogP contribution in [0, 0.1) is 0 Å². The third kappa shape index (κ3) is 6.10. The van der Waals surface area contributed by atoms with Crippen LogP contribution in [0.1, 0.15) is 6.42 Å². The highest BCUT2D eigenvalue weighted by Crippen LogP contribution is 2.27. The van der Waals surface area contributed by atoms with Crippen molar-refractivity contribution in [2.24, 2.45) is 5.73 Å². The zero-order valence-electron chi connectivity index (χ0n) is 10.9. The van der Waals surface area contributed by atoms with Crippen LogP contribution in [0.3, 0.4) is 0 Å². The summed E-state index contributed by atoms with van der Waals surface area (Å²) in [6.45, 7) is 0.133. The van der Waals surface area contributed by atoms with Crippen molar-refractivity contribution in [2.45, 2.75) is 6.42 Å². The largest absolute Gasteiger partial charge is 0.495 e. The fourth-order valence-corrected chi connectivity index (χ4v) is 1.55. The second-order valence-electron chi connectivity index (χ2n) is 3.70. The Labute approximate surface area is 128 Å². The molecule has 0 atom stereocenters. The number of nitrogens with two attached hydrogens (primary N) is 1. The van der Waals surface area contributed by atoms with Gasteiger partial charge in [-0.2, -0.15) is 0 Å². The van der Waals surface area contributed by atoms with E-state index in [9.17, 15) is 9.59 Å². The van der Waals surface area contributed by atoms with Crippen molar-refractivity contribution in [3.05, 3.63) is 23.2 Å². The van der Waals surface area contributed by atoms with E-state index in [4.69, 9.17) is 22.1 Å². The maximum absolute atomic E-state index is 11.7. The highest BCUT2D eigenvalue weighted by atomic mass is 35.5. The van der Waals surface area contributed by atoms with Gasteiger partial charge < -0.3 is 21.1 Å². The first-order valence-corrected chi connectivity index (χ1v) is 6.04. The smallest absolute Gasteiger partial charge is 0.233 e. The Morgan fingerprint density at radius 1 is 1.35 bits per heavy atom. The highest BCUT2D eigenvalue weighted by Gasteiger charge is 2.08. The molecule has 0 saturated heterocycles. The van der Waals surface area contributed by atoms with Crippen LogP contribution in [0.2, 0.25) is 5.02 Å². The third-order valence-corrected chi connectivity index (χ3v) is 2.53. The number of benzene rings is 1. The number of amides is 2. The minimum absolute atomic E-state index is 0. The van der Waals surface area contributed by atoms with Gasteiger partial charge >= 0.3 is 0 Å². The molecule has 0 aliphatic rings. The Morgan fingerprint density at radius 2 is 2.05 bits per heavy atom. The molecule has 1 aromatic rings. The summed E-state index contributed by atoms with van der Waals surface area (Å²) in [6.07, 6.45) is 0.140. The predicted octanol–water partition coefficient (Wildman–Crippen LogP) is 1.17. The van der Waals surface area contributed by atoms with Gasteiger partial charge in [-0.25, -0.2) is 0 Å². The molecule has 112 valence electrons. The van der Waals surface area contributed by atoms with Gasteiger partial charge in [-0.3, -0.25) is 9.59 Å². The van der Waals surface area contributed by atoms with E-state index >= 15 is 0 Å². The Balaban J connectivity index is 0.00000361. The van der Waals surface area contributed by atoms with Gasteiger partial charge in [0.15, 0.2) is 0 Å². The van der Waals surface area contributed by atoms with Crippen LogP contribution in [-0.2, 0) is 9.59 Å². The predicted molar refractivity (Wildman–Crippen MR) is 80.6 cm³/mol. The molecule has 0 spiro atoms. The van der Waals surface area contributed by atoms with Crippen molar-refractivity contribution in [1.82, 2.24) is 5.32 Å². The first-order valence-electron chi connectivity index (χ1n) is 5.67. The molecule has 0 unspecified atom stereocenters. The summed E-state index contributed by atoms with van der Waals surface area (Å²) in [4.78, 5) is 22.6. The lowest BCUT2D eigenvalue weighted by molar-refractivity contribution is -0.120. The summed E-state index contributed by atoms with van der Waals surface area (Å²) in [5.74, 6) is -0.0326. The van der Waals surface area contributed by atoms with Gasteiger partial charge in [-0.15, -0.1) is 12.4 Å². The number of nitrogens with one attached hydrogen (secondary N) is 2. The van der Waals surface area contributed by atoms with Crippen molar-refractivity contribution in [3.8, 4) is 5.75 Å². The van der Waals surface area contributed by atoms with E-state index in [0.717, 1.165) is 0 Å². The average molecular weight is 322 g/mol. The molecule has 1 rings (SSSR count). The summed E-state index contributed by atoms with van der Waals surface area (Å²) in [5, 5.41) is 5.66. The van der Waals surface area contributed by atoms with Gasteiger partial charge in [0.1, 0.15) is 5.75 Å². The molecule has 0 saturated carbocycles. The van der Waals surface area contributed by atoms with Crippen molar-refractivity contribution in [1.29, 1.82) is 0 Å². The van der Waals surface area contributed by atoms with E-state index < -0.39 is 0 Å². The van der Waals surface area contributed by atoms with Crippen LogP contribution in [0.4, 0.5) is 5.69 Å². The molecule has 0 bridgehead atoms. The molecule has 6 nitrogen and oxygen atoms in total. The number of carbonyl (C=O) groups excluding carboxylic acids is 2. The van der Waals surface area contributed by atoms with Gasteiger partial charge in [-0.1, -0.05) is 11.6 Å². The first kappa shape index (κ1) is 18.5. The van der Waals surface area contributed by atoms with Crippen LogP contribution in [0.15, 0.2) is 18.2 Å². The lowest BCUT2D eigenvalue weighted by Crippen LogP contribution is -2.32. The zero-order valence-corrected chi connectivity index (χ0v) is 12.5. The highest BCUT2D eigenvalue weighted by molar-refractivity contribution is 6.31. The molecule has 20 heavy (non-hydrogen) atoms. The molecule has 1 aromatic carbocycles. The van der Waals surface area contributed by atoms with Crippen LogP contribution in [0.25, 0.3) is 0 Å². The maximum atomic E-state index is 11.7. The van der Waals surface area contributed by atoms with Crippen molar-refractivity contribution < 1.29 is 14.3 Å². The van der Waals surface area contributed by atoms with Crippen molar-refractivity contribution in [3.63, 3.8) is 0 Å². The molecule has 0 aliphatic heterocycles. The fourth-order valence-electron chi connectivity index (χ4n) is 1.38. The molecule has 2 amide bonds. The van der Waals surface area contributed by atoms with Crippen LogP contribution < -0.4 is 21.1 Å². The Bertz CT molecular complexity index is 469. The van der Waals surface area contributed by atoms with Crippen LogP contribution in [0.5, 0.6) is 5.75 Å². The normalized spacial score (nSPS) is 9.35. The summed E-state index contributed by atoms with van der Waals surface area (Å²) < 4.78 is 5.10. The topological polar surface area (TPSA) is 93.5 Å². The summed E-state index contributed by atoms with van der Waals surface area (Å²) in [5.41, 5.74) is 5.61. The van der Waals surface area contributed by atoms with Gasteiger partial charge in [-0.05, 0) is 18.2 Å². The monoisotopic (exact) mass is 321 g/mol. The number of halogens is 2. The Hall–Kier alpha value is -1.50. The fraction of sp³-hybridized carbons (Fsp3) is 0.333. The average Bonchev–Trinajstić information content (AvgIpc) is 2.38. The van der Waals surface area contributed by atoms with E-state index in [2.05, 4.69) is 10.6 Å². The van der Waals surface area contributed by atoms with Gasteiger partial charge in [0.2, 0.25) is 11.8 Å². The SMILES string of the molecule is COc1ccc(Cl)cc1NC(=O)CCNC(=O)CN.Cl. The van der Waals surface area contributed by atoms with Crippen LogP contribution >= 0.6 is 24.0 Å². The number of methoxy groups -OCH3 is 1. The van der Waals surface area contributed by atoms with Crippen molar-refractivity contribution >= 4 is 41.5 Å². The van der Waals surface area contributed by atoms with Gasteiger partial charge in [0.25, 0.3) is 0 Å². The van der Waals surface area contributed by atoms with Crippen LogP contribution in [-0.4, -0.2) is 32.0 Å². The number of anilines is 1. The molecule has 4 N–H and O–H groups in total. The van der Waals surface area contributed by atoms with E-state index in [1.807, 2.05) is 0 Å². The molecular weight excluding hydrogens is 305 g/mol. The van der Waals surface area contributed by atoms with Gasteiger partial charge in [0.05, 0.1) is 19.3 Å². The van der Waals surface area contributed by atoms with E-state index in [1.54, 1.807) is 18.2 Å². The molecule has 0 aliphatic carbocycles. The van der Waals surface area contributed by atoms with Crippen molar-refractivity contribution in [2.75, 3.05) is 25.5 Å². The molecule has 0 fully saturated rings. The zero-order chi connectivity index (χ0) is 14.3. The Morgan fingerprint density at radius 3 is 2.65 bits per heavy atom.